The van der Waals surface area contributed by atoms with Crippen LogP contribution in [0, 0.1) is 0 Å². The van der Waals surface area contributed by atoms with E-state index >= 15 is 0 Å². The van der Waals surface area contributed by atoms with E-state index in [4.69, 9.17) is 9.47 Å². The third-order valence-corrected chi connectivity index (χ3v) is 3.52. The fourth-order valence-corrected chi connectivity index (χ4v) is 2.21. The molecule has 1 unspecified atom stereocenters. The monoisotopic (exact) mass is 317 g/mol. The summed E-state index contributed by atoms with van der Waals surface area (Å²) >= 11 is 0. The van der Waals surface area contributed by atoms with Crippen LogP contribution >= 0.6 is 0 Å². The predicted octanol–water partition coefficient (Wildman–Crippen LogP) is 3.84. The van der Waals surface area contributed by atoms with Gasteiger partial charge in [0.1, 0.15) is 5.82 Å². The van der Waals surface area contributed by atoms with Gasteiger partial charge in [0, 0.05) is 18.4 Å². The Balaban J connectivity index is 2.04. The predicted molar refractivity (Wildman–Crippen MR) is 91.9 cm³/mol. The maximum Gasteiger partial charge on any atom is 0.161 e. The molecule has 0 aliphatic rings. The molecule has 0 bridgehead atoms. The van der Waals surface area contributed by atoms with Crippen LogP contribution in [-0.2, 0) is 6.54 Å². The molecule has 0 spiro atoms. The van der Waals surface area contributed by atoms with Gasteiger partial charge in [0.05, 0.1) is 19.8 Å². The van der Waals surface area contributed by atoms with E-state index in [0.717, 1.165) is 30.2 Å². The lowest BCUT2D eigenvalue weighted by molar-refractivity contribution is 0.268. The van der Waals surface area contributed by atoms with Crippen molar-refractivity contribution < 1.29 is 9.47 Å². The van der Waals surface area contributed by atoms with Crippen molar-refractivity contribution in [1.82, 2.24) is 15.3 Å². The minimum absolute atomic E-state index is 0.198. The first-order chi connectivity index (χ1) is 11.2. The molecule has 23 heavy (non-hydrogen) atoms. The van der Waals surface area contributed by atoms with Crippen LogP contribution in [0.3, 0.4) is 0 Å². The summed E-state index contributed by atoms with van der Waals surface area (Å²) in [5, 5.41) is 3.46. The second-order valence-corrected chi connectivity index (χ2v) is 5.54. The zero-order valence-corrected chi connectivity index (χ0v) is 14.3. The summed E-state index contributed by atoms with van der Waals surface area (Å²) in [6.45, 7) is 8.43. The van der Waals surface area contributed by atoms with Gasteiger partial charge >= 0.3 is 0 Å². The van der Waals surface area contributed by atoms with E-state index < -0.39 is 0 Å². The number of ether oxygens (including phenoxy) is 2. The average molecular weight is 317 g/mol. The molecule has 0 amide bonds. The number of H-pyrrole nitrogens is 1. The maximum absolute atomic E-state index is 5.85. The van der Waals surface area contributed by atoms with E-state index in [2.05, 4.69) is 48.2 Å². The third-order valence-electron chi connectivity index (χ3n) is 3.52. The van der Waals surface area contributed by atoms with Crippen molar-refractivity contribution >= 4 is 0 Å². The molecule has 0 radical (unpaired) electrons. The topological polar surface area (TPSA) is 59.2 Å². The first-order valence-electron chi connectivity index (χ1n) is 8.35. The molecule has 126 valence electrons. The van der Waals surface area contributed by atoms with Gasteiger partial charge in [-0.3, -0.25) is 0 Å². The second kappa shape index (κ2) is 9.20. The van der Waals surface area contributed by atoms with Crippen molar-refractivity contribution in [2.45, 2.75) is 46.2 Å². The third kappa shape index (κ3) is 5.28. The molecular formula is C18H27N3O2. The number of aromatic nitrogens is 2. The van der Waals surface area contributed by atoms with Gasteiger partial charge in [0.15, 0.2) is 11.5 Å². The smallest absolute Gasteiger partial charge is 0.161 e. The first-order valence-corrected chi connectivity index (χ1v) is 8.35. The van der Waals surface area contributed by atoms with E-state index in [0.29, 0.717) is 19.8 Å². The largest absolute Gasteiger partial charge is 0.490 e. The number of rotatable bonds is 10. The lowest BCUT2D eigenvalue weighted by Crippen LogP contribution is -2.19. The Morgan fingerprint density at radius 1 is 1.13 bits per heavy atom. The summed E-state index contributed by atoms with van der Waals surface area (Å²) in [5.74, 6) is 2.58. The Morgan fingerprint density at radius 3 is 2.52 bits per heavy atom. The van der Waals surface area contributed by atoms with Crippen LogP contribution < -0.4 is 14.8 Å². The lowest BCUT2D eigenvalue weighted by Gasteiger charge is -2.17. The van der Waals surface area contributed by atoms with Crippen molar-refractivity contribution in [2.24, 2.45) is 0 Å². The highest BCUT2D eigenvalue weighted by molar-refractivity contribution is 5.43. The van der Waals surface area contributed by atoms with Crippen LogP contribution in [0.15, 0.2) is 30.6 Å². The van der Waals surface area contributed by atoms with Gasteiger partial charge in [0.25, 0.3) is 0 Å². The van der Waals surface area contributed by atoms with Crippen LogP contribution in [0.4, 0.5) is 0 Å². The van der Waals surface area contributed by atoms with E-state index in [-0.39, 0.29) is 6.04 Å². The molecule has 0 saturated heterocycles. The highest BCUT2D eigenvalue weighted by atomic mass is 16.5. The molecule has 2 N–H and O–H groups in total. The molecule has 2 rings (SSSR count). The number of hydrogen-bond acceptors (Lipinski definition) is 4. The first kappa shape index (κ1) is 17.3. The van der Waals surface area contributed by atoms with Gasteiger partial charge in [-0.2, -0.15) is 0 Å². The number of imidazole rings is 1. The van der Waals surface area contributed by atoms with Gasteiger partial charge in [-0.25, -0.2) is 4.98 Å². The number of benzene rings is 1. The summed E-state index contributed by atoms with van der Waals surface area (Å²) in [5.41, 5.74) is 1.17. The van der Waals surface area contributed by atoms with E-state index in [1.54, 1.807) is 6.20 Å². The maximum atomic E-state index is 5.85. The van der Waals surface area contributed by atoms with Crippen LogP contribution in [-0.4, -0.2) is 23.2 Å². The normalized spacial score (nSPS) is 12.1. The molecule has 5 nitrogen and oxygen atoms in total. The van der Waals surface area contributed by atoms with Gasteiger partial charge in [-0.1, -0.05) is 19.9 Å². The quantitative estimate of drug-likeness (QED) is 0.699. The molecule has 0 saturated carbocycles. The fourth-order valence-electron chi connectivity index (χ4n) is 2.21. The van der Waals surface area contributed by atoms with Crippen molar-refractivity contribution in [1.29, 1.82) is 0 Å². The standard InChI is InChI=1S/C18H27N3O2/c1-4-10-22-16-7-6-15(12-17(16)23-11-5-2)14(3)21-13-18-19-8-9-20-18/h6-9,12,14,21H,4-5,10-11,13H2,1-3H3,(H,19,20). The SMILES string of the molecule is CCCOc1ccc(C(C)NCc2ncc[nH]2)cc1OCCC. The number of aromatic amines is 1. The average Bonchev–Trinajstić information content (AvgIpc) is 3.09. The minimum Gasteiger partial charge on any atom is -0.490 e. The van der Waals surface area contributed by atoms with Gasteiger partial charge in [-0.15, -0.1) is 0 Å². The van der Waals surface area contributed by atoms with Gasteiger partial charge in [-0.05, 0) is 37.5 Å². The molecule has 1 aromatic carbocycles. The molecule has 1 atom stereocenters. The Labute approximate surface area is 138 Å². The zero-order chi connectivity index (χ0) is 16.5. The lowest BCUT2D eigenvalue weighted by atomic mass is 10.1. The van der Waals surface area contributed by atoms with Crippen LogP contribution in [0.25, 0.3) is 0 Å². The molecule has 0 fully saturated rings. The van der Waals surface area contributed by atoms with E-state index in [1.165, 1.54) is 5.56 Å². The number of nitrogens with one attached hydrogen (secondary N) is 2. The highest BCUT2D eigenvalue weighted by Crippen LogP contribution is 2.31. The van der Waals surface area contributed by atoms with E-state index in [1.807, 2.05) is 12.3 Å². The second-order valence-electron chi connectivity index (χ2n) is 5.54. The van der Waals surface area contributed by atoms with Crippen molar-refractivity contribution in [3.8, 4) is 11.5 Å². The summed E-state index contributed by atoms with van der Waals surface area (Å²) in [7, 11) is 0. The zero-order valence-electron chi connectivity index (χ0n) is 14.3. The number of hydrogen-bond donors (Lipinski definition) is 2. The fraction of sp³-hybridized carbons (Fsp3) is 0.500. The molecule has 1 aromatic heterocycles. The highest BCUT2D eigenvalue weighted by Gasteiger charge is 2.11. The van der Waals surface area contributed by atoms with Crippen LogP contribution in [0.2, 0.25) is 0 Å². The molecule has 2 aromatic rings. The van der Waals surface area contributed by atoms with E-state index in [9.17, 15) is 0 Å². The Kier molecular flexibility index (Phi) is 6.94. The van der Waals surface area contributed by atoms with Crippen LogP contribution in [0.5, 0.6) is 11.5 Å². The summed E-state index contributed by atoms with van der Waals surface area (Å²) in [6, 6.07) is 6.36. The number of nitrogens with zero attached hydrogens (tertiary/aromatic N) is 1. The van der Waals surface area contributed by atoms with Gasteiger partial charge < -0.3 is 19.8 Å². The molecule has 1 heterocycles. The minimum atomic E-state index is 0.198. The van der Waals surface area contributed by atoms with Crippen molar-refractivity contribution in [3.63, 3.8) is 0 Å². The Morgan fingerprint density at radius 2 is 1.87 bits per heavy atom. The summed E-state index contributed by atoms with van der Waals surface area (Å²) < 4.78 is 11.6. The van der Waals surface area contributed by atoms with Crippen LogP contribution in [0.1, 0.15) is 51.0 Å². The molecular weight excluding hydrogens is 290 g/mol. The van der Waals surface area contributed by atoms with Crippen molar-refractivity contribution in [3.05, 3.63) is 42.0 Å². The molecule has 0 aliphatic carbocycles. The van der Waals surface area contributed by atoms with Crippen molar-refractivity contribution in [2.75, 3.05) is 13.2 Å². The molecule has 0 aliphatic heterocycles. The summed E-state index contributed by atoms with van der Waals surface area (Å²) in [6.07, 6.45) is 5.55. The van der Waals surface area contributed by atoms with Gasteiger partial charge in [0.2, 0.25) is 0 Å². The Bertz CT molecular complexity index is 570. The Hall–Kier alpha value is -2.01. The molecule has 5 heteroatoms. The summed E-state index contributed by atoms with van der Waals surface area (Å²) in [4.78, 5) is 7.32.